The van der Waals surface area contributed by atoms with E-state index in [9.17, 15) is 0 Å². The van der Waals surface area contributed by atoms with Crippen LogP contribution >= 0.6 is 0 Å². The number of aliphatic imine (C=N–C) groups is 1. The number of anilines is 1. The van der Waals surface area contributed by atoms with Crippen molar-refractivity contribution in [2.24, 2.45) is 4.99 Å². The molecule has 0 unspecified atom stereocenters. The Morgan fingerprint density at radius 3 is 2.77 bits per heavy atom. The van der Waals surface area contributed by atoms with Crippen LogP contribution in [0.5, 0.6) is 0 Å². The Morgan fingerprint density at radius 1 is 1.12 bits per heavy atom. The highest BCUT2D eigenvalue weighted by Crippen LogP contribution is 2.18. The molecule has 138 valence electrons. The summed E-state index contributed by atoms with van der Waals surface area (Å²) in [7, 11) is 0. The molecule has 6 nitrogen and oxygen atoms in total. The Morgan fingerprint density at radius 2 is 2.00 bits per heavy atom. The number of hydrogen-bond donors (Lipinski definition) is 2. The van der Waals surface area contributed by atoms with Crippen molar-refractivity contribution in [3.63, 3.8) is 0 Å². The smallest absolute Gasteiger partial charge is 0.191 e. The second-order valence-electron chi connectivity index (χ2n) is 6.41. The maximum atomic E-state index is 4.71. The van der Waals surface area contributed by atoms with E-state index in [2.05, 4.69) is 38.5 Å². The molecular weight excluding hydrogens is 324 g/mol. The summed E-state index contributed by atoms with van der Waals surface area (Å²) in [5.41, 5.74) is 2.27. The molecule has 1 fully saturated rings. The van der Waals surface area contributed by atoms with E-state index in [0.717, 1.165) is 50.1 Å². The largest absolute Gasteiger partial charge is 0.357 e. The van der Waals surface area contributed by atoms with E-state index < -0.39 is 0 Å². The Bertz CT molecular complexity index is 694. The quantitative estimate of drug-likeness (QED) is 0.592. The van der Waals surface area contributed by atoms with Crippen molar-refractivity contribution in [2.45, 2.75) is 32.7 Å². The summed E-state index contributed by atoms with van der Waals surface area (Å²) in [5, 5.41) is 6.68. The van der Waals surface area contributed by atoms with Gasteiger partial charge in [0.2, 0.25) is 0 Å². The fraction of sp³-hybridized carbons (Fsp3) is 0.450. The number of nitrogens with one attached hydrogen (secondary N) is 2. The third kappa shape index (κ3) is 5.44. The third-order valence-electron chi connectivity index (χ3n) is 4.40. The van der Waals surface area contributed by atoms with Crippen molar-refractivity contribution in [2.75, 3.05) is 31.1 Å². The van der Waals surface area contributed by atoms with Crippen LogP contribution < -0.4 is 15.5 Å². The zero-order chi connectivity index (χ0) is 18.0. The number of aromatic nitrogens is 2. The summed E-state index contributed by atoms with van der Waals surface area (Å²) in [5.74, 6) is 1.91. The van der Waals surface area contributed by atoms with E-state index >= 15 is 0 Å². The van der Waals surface area contributed by atoms with Crippen molar-refractivity contribution in [3.05, 3.63) is 54.0 Å². The van der Waals surface area contributed by atoms with E-state index in [1.165, 1.54) is 18.4 Å². The second kappa shape index (κ2) is 9.75. The molecule has 6 heteroatoms. The number of rotatable bonds is 7. The molecule has 0 saturated carbocycles. The minimum Gasteiger partial charge on any atom is -0.357 e. The van der Waals surface area contributed by atoms with Crippen molar-refractivity contribution >= 4 is 11.8 Å². The molecule has 2 N–H and O–H groups in total. The minimum atomic E-state index is 0.641. The molecule has 2 aromatic heterocycles. The third-order valence-corrected chi connectivity index (χ3v) is 4.40. The molecule has 0 atom stereocenters. The molecule has 0 amide bonds. The van der Waals surface area contributed by atoms with Gasteiger partial charge in [-0.25, -0.2) is 9.98 Å². The molecule has 26 heavy (non-hydrogen) atoms. The molecule has 1 aliphatic rings. The highest BCUT2D eigenvalue weighted by Gasteiger charge is 2.13. The molecule has 2 aromatic rings. The lowest BCUT2D eigenvalue weighted by atomic mass is 10.2. The molecule has 0 aliphatic carbocycles. The predicted molar refractivity (Wildman–Crippen MR) is 106 cm³/mol. The molecule has 0 bridgehead atoms. The average molecular weight is 352 g/mol. The van der Waals surface area contributed by atoms with Gasteiger partial charge in [-0.05, 0) is 49.6 Å². The highest BCUT2D eigenvalue weighted by atomic mass is 15.2. The standard InChI is InChI=1S/C20H28N6/c1-2-21-20(24-12-9-18-7-3-4-10-22-18)25-16-17-8-11-23-19(15-17)26-13-5-6-14-26/h3-4,7-8,10-11,15H,2,5-6,9,12-14,16H2,1H3,(H2,21,24,25). The molecule has 3 rings (SSSR count). The number of nitrogens with zero attached hydrogens (tertiary/aromatic N) is 4. The van der Waals surface area contributed by atoms with Crippen LogP contribution in [0.2, 0.25) is 0 Å². The maximum Gasteiger partial charge on any atom is 0.191 e. The van der Waals surface area contributed by atoms with Crippen LogP contribution in [0.3, 0.4) is 0 Å². The molecule has 1 saturated heterocycles. The molecule has 0 aromatic carbocycles. The lowest BCUT2D eigenvalue weighted by Crippen LogP contribution is -2.38. The van der Waals surface area contributed by atoms with Crippen LogP contribution in [0.4, 0.5) is 5.82 Å². The topological polar surface area (TPSA) is 65.4 Å². The Kier molecular flexibility index (Phi) is 6.81. The zero-order valence-electron chi connectivity index (χ0n) is 15.5. The van der Waals surface area contributed by atoms with Crippen molar-refractivity contribution in [1.29, 1.82) is 0 Å². The van der Waals surface area contributed by atoms with Gasteiger partial charge in [0.25, 0.3) is 0 Å². The Labute approximate surface area is 155 Å². The number of pyridine rings is 2. The van der Waals surface area contributed by atoms with Gasteiger partial charge < -0.3 is 15.5 Å². The molecule has 3 heterocycles. The first-order valence-corrected chi connectivity index (χ1v) is 9.47. The van der Waals surface area contributed by atoms with E-state index in [-0.39, 0.29) is 0 Å². The van der Waals surface area contributed by atoms with Crippen LogP contribution in [0.25, 0.3) is 0 Å². The van der Waals surface area contributed by atoms with Gasteiger partial charge in [-0.1, -0.05) is 6.07 Å². The Hall–Kier alpha value is -2.63. The monoisotopic (exact) mass is 352 g/mol. The fourth-order valence-corrected chi connectivity index (χ4v) is 3.05. The lowest BCUT2D eigenvalue weighted by molar-refractivity contribution is 0.788. The van der Waals surface area contributed by atoms with E-state index in [0.29, 0.717) is 6.54 Å². The van der Waals surface area contributed by atoms with E-state index in [4.69, 9.17) is 4.99 Å². The van der Waals surface area contributed by atoms with Gasteiger partial charge in [-0.3, -0.25) is 4.98 Å². The second-order valence-corrected chi connectivity index (χ2v) is 6.41. The van der Waals surface area contributed by atoms with Gasteiger partial charge in [0, 0.05) is 50.7 Å². The molecule has 1 aliphatic heterocycles. The van der Waals surface area contributed by atoms with Crippen molar-refractivity contribution in [1.82, 2.24) is 20.6 Å². The summed E-state index contributed by atoms with van der Waals surface area (Å²) < 4.78 is 0. The van der Waals surface area contributed by atoms with E-state index in [1.54, 1.807) is 0 Å². The number of guanidine groups is 1. The SMILES string of the molecule is CCNC(=NCc1ccnc(N2CCCC2)c1)NCCc1ccccn1. The Balaban J connectivity index is 1.55. The summed E-state index contributed by atoms with van der Waals surface area (Å²) >= 11 is 0. The summed E-state index contributed by atoms with van der Waals surface area (Å²) in [6.07, 6.45) is 7.11. The van der Waals surface area contributed by atoms with Gasteiger partial charge in [-0.15, -0.1) is 0 Å². The summed E-state index contributed by atoms with van der Waals surface area (Å²) in [6, 6.07) is 10.2. The van der Waals surface area contributed by atoms with Gasteiger partial charge in [0.05, 0.1) is 6.54 Å². The van der Waals surface area contributed by atoms with Gasteiger partial charge in [0.15, 0.2) is 5.96 Å². The predicted octanol–water partition coefficient (Wildman–Crippen LogP) is 2.37. The number of hydrogen-bond acceptors (Lipinski definition) is 4. The van der Waals surface area contributed by atoms with Crippen LogP contribution in [-0.4, -0.2) is 42.1 Å². The van der Waals surface area contributed by atoms with Crippen LogP contribution in [0, 0.1) is 0 Å². The molecule has 0 spiro atoms. The van der Waals surface area contributed by atoms with Crippen LogP contribution in [0.15, 0.2) is 47.7 Å². The first kappa shape index (κ1) is 18.2. The fourth-order valence-electron chi connectivity index (χ4n) is 3.05. The van der Waals surface area contributed by atoms with Gasteiger partial charge in [0.1, 0.15) is 5.82 Å². The first-order valence-electron chi connectivity index (χ1n) is 9.47. The van der Waals surface area contributed by atoms with Gasteiger partial charge >= 0.3 is 0 Å². The lowest BCUT2D eigenvalue weighted by Gasteiger charge is -2.16. The minimum absolute atomic E-state index is 0.641. The average Bonchev–Trinajstić information content (AvgIpc) is 3.22. The zero-order valence-corrected chi connectivity index (χ0v) is 15.5. The maximum absolute atomic E-state index is 4.71. The van der Waals surface area contributed by atoms with Gasteiger partial charge in [-0.2, -0.15) is 0 Å². The van der Waals surface area contributed by atoms with E-state index in [1.807, 2.05) is 36.7 Å². The van der Waals surface area contributed by atoms with Crippen LogP contribution in [-0.2, 0) is 13.0 Å². The summed E-state index contributed by atoms with van der Waals surface area (Å²) in [4.78, 5) is 15.9. The molecular formula is C20H28N6. The normalized spacial score (nSPS) is 14.5. The van der Waals surface area contributed by atoms with Crippen molar-refractivity contribution in [3.8, 4) is 0 Å². The first-order chi connectivity index (χ1) is 12.8. The van der Waals surface area contributed by atoms with Crippen molar-refractivity contribution < 1.29 is 0 Å². The highest BCUT2D eigenvalue weighted by molar-refractivity contribution is 5.79. The summed E-state index contributed by atoms with van der Waals surface area (Å²) in [6.45, 7) is 6.58. The van der Waals surface area contributed by atoms with Crippen LogP contribution in [0.1, 0.15) is 31.0 Å². The molecule has 0 radical (unpaired) electrons.